The maximum Gasteiger partial charge on any atom is 0.355 e. The summed E-state index contributed by atoms with van der Waals surface area (Å²) in [5.74, 6) is -1.09. The first kappa shape index (κ1) is 23.1. The molecule has 0 unspecified atom stereocenters. The van der Waals surface area contributed by atoms with Crippen molar-refractivity contribution >= 4 is 34.3 Å². The van der Waals surface area contributed by atoms with Crippen LogP contribution in [0.2, 0.25) is 0 Å². The molecule has 4 rings (SSSR count). The lowest BCUT2D eigenvalue weighted by Gasteiger charge is -2.11. The van der Waals surface area contributed by atoms with E-state index in [4.69, 9.17) is 10.8 Å². The standard InChI is InChI=1S/C27H23N3O3S/c28-25(22-8-4-7-21(14-22)20-5-2-1-3-6-20)23(13-18-9-11-19(16-31)12-10-18)15-29-27-30-24(17-34-27)26(32)33/h1-12,14-15,17,31H,13,16,28H2,(H,32,33). The van der Waals surface area contributed by atoms with Crippen molar-refractivity contribution in [3.8, 4) is 11.1 Å². The molecular formula is C27H23N3O3S. The minimum absolute atomic E-state index is 0.0190. The van der Waals surface area contributed by atoms with Crippen LogP contribution in [0.15, 0.2) is 94.8 Å². The molecule has 6 nitrogen and oxygen atoms in total. The number of aliphatic hydroxyl groups is 1. The van der Waals surface area contributed by atoms with Crippen molar-refractivity contribution in [2.75, 3.05) is 0 Å². The second kappa shape index (κ2) is 10.7. The van der Waals surface area contributed by atoms with Crippen LogP contribution in [0.3, 0.4) is 0 Å². The third-order valence-corrected chi connectivity index (χ3v) is 6.02. The molecule has 0 atom stereocenters. The van der Waals surface area contributed by atoms with Gasteiger partial charge in [-0.25, -0.2) is 14.8 Å². The minimum atomic E-state index is -1.09. The number of thiazole rings is 1. The Morgan fingerprint density at radius 2 is 1.68 bits per heavy atom. The molecule has 170 valence electrons. The van der Waals surface area contributed by atoms with Crippen molar-refractivity contribution in [2.24, 2.45) is 10.7 Å². The number of allylic oxidation sites excluding steroid dienone is 1. The van der Waals surface area contributed by atoms with E-state index in [2.05, 4.69) is 9.98 Å². The number of benzene rings is 3. The smallest absolute Gasteiger partial charge is 0.355 e. The number of aliphatic hydroxyl groups excluding tert-OH is 1. The predicted octanol–water partition coefficient (Wildman–Crippen LogP) is 5.32. The monoisotopic (exact) mass is 469 g/mol. The van der Waals surface area contributed by atoms with Gasteiger partial charge in [-0.2, -0.15) is 0 Å². The number of carbonyl (C=O) groups is 1. The van der Waals surface area contributed by atoms with E-state index in [1.807, 2.05) is 78.9 Å². The number of nitrogens with two attached hydrogens (primary N) is 1. The van der Waals surface area contributed by atoms with E-state index in [1.54, 1.807) is 6.21 Å². The number of carboxylic acid groups (broad SMARTS) is 1. The van der Waals surface area contributed by atoms with Crippen LogP contribution in [0.4, 0.5) is 5.13 Å². The van der Waals surface area contributed by atoms with Crippen LogP contribution in [0.5, 0.6) is 0 Å². The van der Waals surface area contributed by atoms with Crippen molar-refractivity contribution < 1.29 is 15.0 Å². The number of hydrogen-bond donors (Lipinski definition) is 3. The summed E-state index contributed by atoms with van der Waals surface area (Å²) in [6.45, 7) is -0.0190. The second-order valence-corrected chi connectivity index (χ2v) is 8.45. The topological polar surface area (TPSA) is 109 Å². The molecule has 1 aromatic heterocycles. The van der Waals surface area contributed by atoms with Gasteiger partial charge in [0.1, 0.15) is 0 Å². The Kier molecular flexibility index (Phi) is 7.27. The van der Waals surface area contributed by atoms with Gasteiger partial charge in [0.05, 0.1) is 6.61 Å². The first-order chi connectivity index (χ1) is 16.5. The fraction of sp³-hybridized carbons (Fsp3) is 0.0741. The summed E-state index contributed by atoms with van der Waals surface area (Å²) in [7, 11) is 0. The zero-order valence-corrected chi connectivity index (χ0v) is 19.1. The molecule has 0 aliphatic heterocycles. The predicted molar refractivity (Wildman–Crippen MR) is 136 cm³/mol. The first-order valence-corrected chi connectivity index (χ1v) is 11.5. The van der Waals surface area contributed by atoms with E-state index < -0.39 is 5.97 Å². The fourth-order valence-electron chi connectivity index (χ4n) is 3.43. The molecule has 7 heteroatoms. The highest BCUT2D eigenvalue weighted by atomic mass is 32.1. The fourth-order valence-corrected chi connectivity index (χ4v) is 4.07. The van der Waals surface area contributed by atoms with Gasteiger partial charge in [0, 0.05) is 23.7 Å². The lowest BCUT2D eigenvalue weighted by Crippen LogP contribution is -2.06. The minimum Gasteiger partial charge on any atom is -0.476 e. The highest BCUT2D eigenvalue weighted by Crippen LogP contribution is 2.25. The molecule has 3 aromatic carbocycles. The van der Waals surface area contributed by atoms with Gasteiger partial charge in [-0.1, -0.05) is 72.8 Å². The number of aliphatic imine (C=N–C) groups is 1. The van der Waals surface area contributed by atoms with E-state index in [1.165, 1.54) is 5.38 Å². The quantitative estimate of drug-likeness (QED) is 0.303. The molecule has 0 amide bonds. The van der Waals surface area contributed by atoms with Gasteiger partial charge in [-0.05, 0) is 39.5 Å². The Balaban J connectivity index is 1.72. The van der Waals surface area contributed by atoms with Crippen molar-refractivity contribution in [1.82, 2.24) is 4.98 Å². The van der Waals surface area contributed by atoms with E-state index >= 15 is 0 Å². The van der Waals surface area contributed by atoms with Crippen LogP contribution in [0.25, 0.3) is 16.8 Å². The molecule has 4 aromatic rings. The molecule has 0 aliphatic rings. The largest absolute Gasteiger partial charge is 0.476 e. The van der Waals surface area contributed by atoms with E-state index in [0.717, 1.165) is 44.7 Å². The average molecular weight is 470 g/mol. The maximum atomic E-state index is 11.1. The van der Waals surface area contributed by atoms with Crippen LogP contribution in [-0.2, 0) is 13.0 Å². The zero-order chi connectivity index (χ0) is 23.9. The molecule has 0 fully saturated rings. The van der Waals surface area contributed by atoms with E-state index in [-0.39, 0.29) is 12.3 Å². The Hall–Kier alpha value is -4.07. The number of rotatable bonds is 8. The van der Waals surface area contributed by atoms with Crippen molar-refractivity contribution in [1.29, 1.82) is 0 Å². The van der Waals surface area contributed by atoms with Crippen LogP contribution in [0, 0.1) is 0 Å². The SMILES string of the molecule is NC(=C(C=Nc1nc(C(=O)O)cs1)Cc1ccc(CO)cc1)c1cccc(-c2ccccc2)c1. The molecule has 1 heterocycles. The Bertz CT molecular complexity index is 1340. The van der Waals surface area contributed by atoms with Gasteiger partial charge in [-0.15, -0.1) is 11.3 Å². The summed E-state index contributed by atoms with van der Waals surface area (Å²) in [6.07, 6.45) is 2.16. The number of hydrogen-bond acceptors (Lipinski definition) is 6. The first-order valence-electron chi connectivity index (χ1n) is 10.6. The maximum absolute atomic E-state index is 11.1. The third kappa shape index (κ3) is 5.64. The normalized spacial score (nSPS) is 12.0. The van der Waals surface area contributed by atoms with Crippen molar-refractivity contribution in [3.63, 3.8) is 0 Å². The molecule has 34 heavy (non-hydrogen) atoms. The molecule has 0 aliphatic carbocycles. The number of aromatic carboxylic acids is 1. The van der Waals surface area contributed by atoms with Gasteiger partial charge in [0.2, 0.25) is 5.13 Å². The molecule has 0 radical (unpaired) electrons. The van der Waals surface area contributed by atoms with Gasteiger partial charge in [-0.3, -0.25) is 0 Å². The van der Waals surface area contributed by atoms with Gasteiger partial charge in [0.15, 0.2) is 5.69 Å². The zero-order valence-electron chi connectivity index (χ0n) is 18.3. The van der Waals surface area contributed by atoms with Crippen LogP contribution < -0.4 is 5.73 Å². The number of aromatic nitrogens is 1. The van der Waals surface area contributed by atoms with E-state index in [9.17, 15) is 9.90 Å². The Morgan fingerprint density at radius 3 is 2.35 bits per heavy atom. The Labute approximate surface area is 201 Å². The molecular weight excluding hydrogens is 446 g/mol. The summed E-state index contributed by atoms with van der Waals surface area (Å²) in [6, 6.07) is 25.7. The van der Waals surface area contributed by atoms with Crippen LogP contribution in [-0.4, -0.2) is 27.4 Å². The second-order valence-electron chi connectivity index (χ2n) is 7.62. The number of nitrogens with zero attached hydrogens (tertiary/aromatic N) is 2. The van der Waals surface area contributed by atoms with Crippen molar-refractivity contribution in [2.45, 2.75) is 13.0 Å². The molecule has 4 N–H and O–H groups in total. The van der Waals surface area contributed by atoms with Crippen molar-refractivity contribution in [3.05, 3.63) is 112 Å². The lowest BCUT2D eigenvalue weighted by molar-refractivity contribution is 0.0691. The molecule has 0 saturated carbocycles. The summed E-state index contributed by atoms with van der Waals surface area (Å²) in [4.78, 5) is 19.6. The molecule has 0 saturated heterocycles. The molecule has 0 bridgehead atoms. The third-order valence-electron chi connectivity index (χ3n) is 5.27. The highest BCUT2D eigenvalue weighted by molar-refractivity contribution is 7.13. The summed E-state index contributed by atoms with van der Waals surface area (Å²) in [5.41, 5.74) is 12.8. The Morgan fingerprint density at radius 1 is 0.971 bits per heavy atom. The van der Waals surface area contributed by atoms with E-state index in [0.29, 0.717) is 17.2 Å². The average Bonchev–Trinajstić information content (AvgIpc) is 3.37. The summed E-state index contributed by atoms with van der Waals surface area (Å²) < 4.78 is 0. The molecule has 0 spiro atoms. The van der Waals surface area contributed by atoms with Gasteiger partial charge < -0.3 is 15.9 Å². The highest BCUT2D eigenvalue weighted by Gasteiger charge is 2.10. The number of carboxylic acids is 1. The van der Waals surface area contributed by atoms with Gasteiger partial charge >= 0.3 is 5.97 Å². The van der Waals surface area contributed by atoms with Crippen LogP contribution >= 0.6 is 11.3 Å². The summed E-state index contributed by atoms with van der Waals surface area (Å²) >= 11 is 1.16. The van der Waals surface area contributed by atoms with Gasteiger partial charge in [0.25, 0.3) is 0 Å². The lowest BCUT2D eigenvalue weighted by atomic mass is 9.97. The summed E-state index contributed by atoms with van der Waals surface area (Å²) in [5, 5.41) is 20.2. The van der Waals surface area contributed by atoms with Crippen LogP contribution in [0.1, 0.15) is 27.2 Å².